The number of carboxylic acids is 1. The molecule has 2 heterocycles. The van der Waals surface area contributed by atoms with Gasteiger partial charge in [0.1, 0.15) is 11.3 Å². The molecule has 2 rings (SSSR count). The zero-order valence-electron chi connectivity index (χ0n) is 10.2. The summed E-state index contributed by atoms with van der Waals surface area (Å²) in [7, 11) is -4.17. The van der Waals surface area contributed by atoms with Gasteiger partial charge < -0.3 is 15.3 Å². The maximum atomic E-state index is 12.2. The summed E-state index contributed by atoms with van der Waals surface area (Å²) >= 11 is 0. The van der Waals surface area contributed by atoms with Crippen LogP contribution in [0.4, 0.5) is 0 Å². The second kappa shape index (κ2) is 5.06. The summed E-state index contributed by atoms with van der Waals surface area (Å²) in [6.45, 7) is 0.366. The number of nitrogens with zero attached hydrogens (tertiary/aromatic N) is 1. The Hall–Kier alpha value is -1.19. The smallest absolute Gasteiger partial charge is 0.326 e. The van der Waals surface area contributed by atoms with Crippen LogP contribution in [0.1, 0.15) is 19.3 Å². The lowest BCUT2D eigenvalue weighted by Gasteiger charge is -2.24. The van der Waals surface area contributed by atoms with Crippen LogP contribution in [0.15, 0.2) is 0 Å². The van der Waals surface area contributed by atoms with E-state index in [9.17, 15) is 18.0 Å². The summed E-state index contributed by atoms with van der Waals surface area (Å²) < 4.78 is 30.9. The van der Waals surface area contributed by atoms with E-state index >= 15 is 0 Å². The lowest BCUT2D eigenvalue weighted by Crippen LogP contribution is -2.48. The number of rotatable bonds is 3. The fourth-order valence-corrected chi connectivity index (χ4v) is 3.35. The van der Waals surface area contributed by atoms with Gasteiger partial charge >= 0.3 is 5.97 Å². The van der Waals surface area contributed by atoms with Crippen LogP contribution in [0, 0.1) is 0 Å². The number of carbonyl (C=O) groups excluding carboxylic acids is 1. The Morgan fingerprint density at radius 3 is 2.53 bits per heavy atom. The molecule has 0 saturated carbocycles. The third kappa shape index (κ3) is 2.88. The van der Waals surface area contributed by atoms with E-state index in [4.69, 9.17) is 9.66 Å². The van der Waals surface area contributed by atoms with E-state index in [1.165, 1.54) is 4.90 Å². The predicted octanol–water partition coefficient (Wildman–Crippen LogP) is -1.32. The van der Waals surface area contributed by atoms with Gasteiger partial charge in [0, 0.05) is 13.1 Å². The van der Waals surface area contributed by atoms with E-state index < -0.39 is 39.3 Å². The van der Waals surface area contributed by atoms with Crippen molar-refractivity contribution in [1.82, 2.24) is 10.2 Å². The molecule has 0 spiro atoms. The van der Waals surface area contributed by atoms with Gasteiger partial charge in [0.2, 0.25) is 5.91 Å². The van der Waals surface area contributed by atoms with Gasteiger partial charge in [-0.15, -0.1) is 0 Å². The van der Waals surface area contributed by atoms with Crippen molar-refractivity contribution in [1.29, 1.82) is 0 Å². The number of hydrogen-bond donors (Lipinski definition) is 3. The Balaban J connectivity index is 2.04. The van der Waals surface area contributed by atoms with Crippen LogP contribution in [-0.2, 0) is 19.7 Å². The van der Waals surface area contributed by atoms with E-state index in [-0.39, 0.29) is 13.0 Å². The van der Waals surface area contributed by atoms with Gasteiger partial charge in [-0.2, -0.15) is 8.42 Å². The number of nitrogens with one attached hydrogen (secondary N) is 1. The Morgan fingerprint density at radius 1 is 1.32 bits per heavy atom. The minimum atomic E-state index is -4.17. The molecule has 0 bridgehead atoms. The molecule has 19 heavy (non-hydrogen) atoms. The number of carboxylic acid groups (broad SMARTS) is 1. The quantitative estimate of drug-likeness (QED) is 0.551. The second-order valence-electron chi connectivity index (χ2n) is 4.86. The number of hydrogen-bond acceptors (Lipinski definition) is 5. The average Bonchev–Trinajstić information content (AvgIpc) is 2.96. The molecule has 2 aliphatic heterocycles. The first-order valence-electron chi connectivity index (χ1n) is 6.03. The van der Waals surface area contributed by atoms with Gasteiger partial charge in [0.15, 0.2) is 0 Å². The number of aliphatic carboxylic acids is 1. The maximum Gasteiger partial charge on any atom is 0.326 e. The minimum absolute atomic E-state index is 0.000812. The van der Waals surface area contributed by atoms with Crippen LogP contribution in [0.3, 0.4) is 0 Å². The SMILES string of the molecule is O=C(O)[C@@H]1CCCN1C(=O)[C@@H]1C[C@H](S(=O)(=O)O)CN1. The molecule has 2 fully saturated rings. The molecular weight excluding hydrogens is 276 g/mol. The van der Waals surface area contributed by atoms with E-state index in [0.717, 1.165) is 0 Å². The van der Waals surface area contributed by atoms with Crippen molar-refractivity contribution in [2.45, 2.75) is 36.6 Å². The average molecular weight is 292 g/mol. The summed E-state index contributed by atoms with van der Waals surface area (Å²) in [4.78, 5) is 24.4. The highest BCUT2D eigenvalue weighted by Crippen LogP contribution is 2.22. The van der Waals surface area contributed by atoms with Crippen LogP contribution >= 0.6 is 0 Å². The Bertz CT molecular complexity index is 490. The topological polar surface area (TPSA) is 124 Å². The van der Waals surface area contributed by atoms with Gasteiger partial charge in [0.05, 0.1) is 6.04 Å². The van der Waals surface area contributed by atoms with E-state index in [1.807, 2.05) is 0 Å². The summed E-state index contributed by atoms with van der Waals surface area (Å²) in [6.07, 6.45) is 1.01. The van der Waals surface area contributed by atoms with Crippen molar-refractivity contribution in [3.8, 4) is 0 Å². The van der Waals surface area contributed by atoms with Gasteiger partial charge in [-0.05, 0) is 19.3 Å². The molecule has 0 unspecified atom stereocenters. The lowest BCUT2D eigenvalue weighted by atomic mass is 10.1. The highest BCUT2D eigenvalue weighted by atomic mass is 32.2. The first-order valence-corrected chi connectivity index (χ1v) is 7.54. The Morgan fingerprint density at radius 2 is 2.00 bits per heavy atom. The largest absolute Gasteiger partial charge is 0.480 e. The normalized spacial score (nSPS) is 31.6. The monoisotopic (exact) mass is 292 g/mol. The highest BCUT2D eigenvalue weighted by molar-refractivity contribution is 7.86. The number of carbonyl (C=O) groups is 2. The van der Waals surface area contributed by atoms with Crippen LogP contribution in [-0.4, -0.2) is 65.3 Å². The fraction of sp³-hybridized carbons (Fsp3) is 0.800. The molecule has 0 aromatic heterocycles. The molecule has 108 valence electrons. The third-order valence-corrected chi connectivity index (χ3v) is 4.83. The molecule has 2 aliphatic rings. The van der Waals surface area contributed by atoms with Crippen molar-refractivity contribution in [3.63, 3.8) is 0 Å². The minimum Gasteiger partial charge on any atom is -0.480 e. The predicted molar refractivity (Wildman–Crippen MR) is 64.1 cm³/mol. The van der Waals surface area contributed by atoms with Crippen molar-refractivity contribution in [2.24, 2.45) is 0 Å². The summed E-state index contributed by atoms with van der Waals surface area (Å²) in [6, 6.07) is -1.58. The number of likely N-dealkylation sites (tertiary alicyclic amines) is 1. The Kier molecular flexibility index (Phi) is 3.79. The van der Waals surface area contributed by atoms with Gasteiger partial charge in [-0.1, -0.05) is 0 Å². The van der Waals surface area contributed by atoms with E-state index in [0.29, 0.717) is 19.4 Å². The van der Waals surface area contributed by atoms with Crippen LogP contribution in [0.2, 0.25) is 0 Å². The van der Waals surface area contributed by atoms with Crippen molar-refractivity contribution >= 4 is 22.0 Å². The maximum absolute atomic E-state index is 12.2. The van der Waals surface area contributed by atoms with Crippen LogP contribution < -0.4 is 5.32 Å². The lowest BCUT2D eigenvalue weighted by molar-refractivity contribution is -0.148. The molecular formula is C10H16N2O6S. The molecule has 3 N–H and O–H groups in total. The van der Waals surface area contributed by atoms with Crippen LogP contribution in [0.25, 0.3) is 0 Å². The second-order valence-corrected chi connectivity index (χ2v) is 6.56. The van der Waals surface area contributed by atoms with Gasteiger partial charge in [-0.25, -0.2) is 4.79 Å². The molecule has 0 aromatic rings. The summed E-state index contributed by atoms with van der Waals surface area (Å²) in [5.74, 6) is -1.45. The zero-order valence-corrected chi connectivity index (χ0v) is 11.0. The molecule has 0 radical (unpaired) electrons. The molecule has 1 amide bonds. The van der Waals surface area contributed by atoms with Crippen LogP contribution in [0.5, 0.6) is 0 Å². The molecule has 8 nitrogen and oxygen atoms in total. The van der Waals surface area contributed by atoms with Crippen molar-refractivity contribution in [3.05, 3.63) is 0 Å². The molecule has 2 saturated heterocycles. The summed E-state index contributed by atoms with van der Waals surface area (Å²) in [5, 5.41) is 10.7. The van der Waals surface area contributed by atoms with E-state index in [1.54, 1.807) is 0 Å². The standard InChI is InChI=1S/C10H16N2O6S/c13-9(12-3-1-2-8(12)10(14)15)7-4-6(5-11-7)19(16,17)18/h6-8,11H,1-5H2,(H,14,15)(H,16,17,18)/t6-,7-,8-/m0/s1. The molecule has 0 aromatic carbocycles. The van der Waals surface area contributed by atoms with Crippen molar-refractivity contribution in [2.75, 3.05) is 13.1 Å². The first-order chi connectivity index (χ1) is 8.80. The Labute approximate surface area is 110 Å². The third-order valence-electron chi connectivity index (χ3n) is 3.63. The van der Waals surface area contributed by atoms with E-state index in [2.05, 4.69) is 5.32 Å². The molecule has 3 atom stereocenters. The molecule has 0 aliphatic carbocycles. The first kappa shape index (κ1) is 14.2. The fourth-order valence-electron chi connectivity index (χ4n) is 2.61. The summed E-state index contributed by atoms with van der Waals surface area (Å²) in [5.41, 5.74) is 0. The van der Waals surface area contributed by atoms with Gasteiger partial charge in [-0.3, -0.25) is 9.35 Å². The highest BCUT2D eigenvalue weighted by Gasteiger charge is 2.42. The van der Waals surface area contributed by atoms with Gasteiger partial charge in [0.25, 0.3) is 10.1 Å². The van der Waals surface area contributed by atoms with Crippen molar-refractivity contribution < 1.29 is 27.7 Å². The number of amides is 1. The zero-order chi connectivity index (χ0) is 14.2. The molecule has 9 heteroatoms.